The van der Waals surface area contributed by atoms with Crippen molar-refractivity contribution in [3.8, 4) is 0 Å². The van der Waals surface area contributed by atoms with E-state index in [1.807, 2.05) is 0 Å². The molecule has 16 heteroatoms. The Kier molecular flexibility index (Phi) is 28.3. The zero-order chi connectivity index (χ0) is 20.0. The molecule has 0 rings (SSSR count). The van der Waals surface area contributed by atoms with Crippen LogP contribution in [0.4, 0.5) is 0 Å². The van der Waals surface area contributed by atoms with Crippen molar-refractivity contribution >= 4 is 91.6 Å². The summed E-state index contributed by atoms with van der Waals surface area (Å²) in [6, 6.07) is 0. The molecular weight excluding hydrogens is 422 g/mol. The molecule has 0 spiro atoms. The second-order valence-corrected chi connectivity index (χ2v) is 6.00. The van der Waals surface area contributed by atoms with Crippen LogP contribution < -0.4 is 0 Å². The van der Waals surface area contributed by atoms with Gasteiger partial charge in [0.15, 0.2) is 5.25 Å². The number of hydrogen-bond donors (Lipinski definition) is 5. The van der Waals surface area contributed by atoms with Crippen molar-refractivity contribution in [1.82, 2.24) is 0 Å². The molecule has 0 radical (unpaired) electrons. The van der Waals surface area contributed by atoms with Crippen molar-refractivity contribution in [2.75, 3.05) is 13.2 Å². The molecule has 0 fully saturated rings. The molecule has 0 aliphatic rings. The zero-order valence-corrected chi connectivity index (χ0v) is 13.8. The van der Waals surface area contributed by atoms with Gasteiger partial charge in [-0.25, -0.2) is 0 Å². The monoisotopic (exact) mass is 442 g/mol. The van der Waals surface area contributed by atoms with Crippen LogP contribution in [0.2, 0.25) is 0 Å². The van der Waals surface area contributed by atoms with Crippen LogP contribution >= 0.6 is 0 Å². The summed E-state index contributed by atoms with van der Waals surface area (Å²) in [5.41, 5.74) is 0. The van der Waals surface area contributed by atoms with Crippen LogP contribution in [-0.2, 0) is 34.8 Å². The molecule has 0 aromatic carbocycles. The van der Waals surface area contributed by atoms with Gasteiger partial charge < -0.3 is 14.9 Å². The third kappa shape index (κ3) is 39.3. The summed E-state index contributed by atoms with van der Waals surface area (Å²) in [6.07, 6.45) is 2.27. The molecule has 1 unspecified atom stereocenters. The fourth-order valence-corrected chi connectivity index (χ4v) is 1.32. The van der Waals surface area contributed by atoms with E-state index in [1.54, 1.807) is 12.2 Å². The van der Waals surface area contributed by atoms with E-state index in [1.165, 1.54) is 0 Å². The maximum absolute atomic E-state index is 10.2. The molecule has 26 heavy (non-hydrogen) atoms. The number of rotatable bonds is 8. The van der Waals surface area contributed by atoms with Gasteiger partial charge in [-0.15, -0.1) is 13.2 Å². The molecule has 12 nitrogen and oxygen atoms in total. The first-order chi connectivity index (χ1) is 10.7. The van der Waals surface area contributed by atoms with Crippen molar-refractivity contribution in [3.05, 3.63) is 25.3 Å². The molecule has 0 aromatic rings. The van der Waals surface area contributed by atoms with Crippen molar-refractivity contribution < 1.29 is 55.0 Å². The molecule has 0 amide bonds. The average molecular weight is 442 g/mol. The molecular formula is C10H20Na2O12S2. The molecule has 146 valence electrons. The summed E-state index contributed by atoms with van der Waals surface area (Å²) in [5, 5.41) is 13.9. The standard InChI is InChI=1S/C6H10O.C4H6O7S.2Na.H2O4S.2H/c1-3-5-7-6-4-2;5-3(6)1-2(4(7)8)12(9,10)11;;;1-5(2,3)4;;/h3-4H,1-2,5-6H2;2H,1H2,(H,5,6)(H,7,8)(H,9,10,11);;;(H2,1,2,3,4);;. The van der Waals surface area contributed by atoms with E-state index in [2.05, 4.69) is 13.2 Å². The Hall–Kier alpha value is 0.160. The van der Waals surface area contributed by atoms with Gasteiger partial charge in [0.1, 0.15) is 0 Å². The van der Waals surface area contributed by atoms with Gasteiger partial charge in [0, 0.05) is 0 Å². The number of aliphatic carboxylic acids is 2. The molecule has 0 saturated heterocycles. The Morgan fingerprint density at radius 3 is 1.35 bits per heavy atom. The van der Waals surface area contributed by atoms with E-state index < -0.39 is 44.1 Å². The van der Waals surface area contributed by atoms with Crippen molar-refractivity contribution in [2.24, 2.45) is 0 Å². The summed E-state index contributed by atoms with van der Waals surface area (Å²) in [5.74, 6) is -3.50. The van der Waals surface area contributed by atoms with E-state index >= 15 is 0 Å². The SMILES string of the molecule is C=CCOCC=C.O=C(O)CC(C(=O)O)S(=O)(=O)O.O=S(=O)(O)O.[NaH].[NaH]. The van der Waals surface area contributed by atoms with Gasteiger partial charge in [0.25, 0.3) is 10.1 Å². The molecule has 0 aromatic heterocycles. The van der Waals surface area contributed by atoms with Crippen LogP contribution in [0.5, 0.6) is 0 Å². The fourth-order valence-electron chi connectivity index (χ4n) is 0.713. The van der Waals surface area contributed by atoms with E-state index in [-0.39, 0.29) is 59.1 Å². The van der Waals surface area contributed by atoms with Gasteiger partial charge in [-0.1, -0.05) is 12.2 Å². The first-order valence-electron chi connectivity index (χ1n) is 5.57. The van der Waals surface area contributed by atoms with E-state index in [9.17, 15) is 18.0 Å². The van der Waals surface area contributed by atoms with Crippen LogP contribution in [0.25, 0.3) is 0 Å². The van der Waals surface area contributed by atoms with Gasteiger partial charge in [-0.2, -0.15) is 16.8 Å². The fraction of sp³-hybridized carbons (Fsp3) is 0.400. The van der Waals surface area contributed by atoms with Gasteiger partial charge >= 0.3 is 81.5 Å². The quantitative estimate of drug-likeness (QED) is 0.122. The Bertz CT molecular complexity index is 598. The third-order valence-corrected chi connectivity index (χ3v) is 2.55. The number of hydrogen-bond acceptors (Lipinski definition) is 7. The van der Waals surface area contributed by atoms with E-state index in [0.717, 1.165) is 0 Å². The summed E-state index contributed by atoms with van der Waals surface area (Å²) >= 11 is 0. The first-order valence-corrected chi connectivity index (χ1v) is 8.47. The maximum atomic E-state index is 10.2. The topological polar surface area (TPSA) is 213 Å². The number of carboxylic acid groups (broad SMARTS) is 2. The molecule has 0 saturated carbocycles. The Morgan fingerprint density at radius 1 is 0.923 bits per heavy atom. The summed E-state index contributed by atoms with van der Waals surface area (Å²) in [7, 11) is -9.51. The van der Waals surface area contributed by atoms with Crippen LogP contribution in [0.15, 0.2) is 25.3 Å². The molecule has 0 aliphatic heterocycles. The third-order valence-electron chi connectivity index (χ3n) is 1.47. The Labute approximate surface area is 195 Å². The van der Waals surface area contributed by atoms with E-state index in [4.69, 9.17) is 37.0 Å². The summed E-state index contributed by atoms with van der Waals surface area (Å²) < 4.78 is 65.1. The molecule has 5 N–H and O–H groups in total. The van der Waals surface area contributed by atoms with Crippen LogP contribution in [-0.4, -0.2) is 130 Å². The molecule has 0 aliphatic carbocycles. The van der Waals surface area contributed by atoms with Gasteiger partial charge in [0.05, 0.1) is 19.6 Å². The average Bonchev–Trinajstić information content (AvgIpc) is 2.33. The first kappa shape index (κ1) is 37.0. The van der Waals surface area contributed by atoms with Crippen molar-refractivity contribution in [2.45, 2.75) is 11.7 Å². The molecule has 0 bridgehead atoms. The second kappa shape index (κ2) is 19.9. The van der Waals surface area contributed by atoms with E-state index in [0.29, 0.717) is 13.2 Å². The summed E-state index contributed by atoms with van der Waals surface area (Å²) in [4.78, 5) is 20.0. The minimum absolute atomic E-state index is 0. The minimum atomic E-state index is -4.84. The molecule has 0 heterocycles. The Morgan fingerprint density at radius 2 is 1.23 bits per heavy atom. The normalized spacial score (nSPS) is 10.7. The second-order valence-electron chi connectivity index (χ2n) is 3.50. The van der Waals surface area contributed by atoms with Crippen molar-refractivity contribution in [3.63, 3.8) is 0 Å². The van der Waals surface area contributed by atoms with Gasteiger partial charge in [0.2, 0.25) is 0 Å². The Balaban J connectivity index is -0.0000000904. The zero-order valence-electron chi connectivity index (χ0n) is 12.2. The predicted molar refractivity (Wildman–Crippen MR) is 94.9 cm³/mol. The van der Waals surface area contributed by atoms with Gasteiger partial charge in [-0.3, -0.25) is 23.2 Å². The summed E-state index contributed by atoms with van der Waals surface area (Å²) in [6.45, 7) is 8.18. The number of carboxylic acids is 2. The predicted octanol–water partition coefficient (Wildman–Crippen LogP) is -1.77. The van der Waals surface area contributed by atoms with Crippen LogP contribution in [0.1, 0.15) is 6.42 Å². The van der Waals surface area contributed by atoms with Gasteiger partial charge in [-0.05, 0) is 0 Å². The number of carbonyl (C=O) groups is 2. The van der Waals surface area contributed by atoms with Crippen LogP contribution in [0.3, 0.4) is 0 Å². The van der Waals surface area contributed by atoms with Crippen LogP contribution in [0, 0.1) is 0 Å². The molecule has 1 atom stereocenters. The number of ether oxygens (including phenoxy) is 1. The van der Waals surface area contributed by atoms with Crippen molar-refractivity contribution in [1.29, 1.82) is 0 Å².